The Bertz CT molecular complexity index is 539. The van der Waals surface area contributed by atoms with Crippen LogP contribution in [0.25, 0.3) is 0 Å². The molecule has 2 rings (SSSR count). The first-order valence-corrected chi connectivity index (χ1v) is 6.51. The fourth-order valence-corrected chi connectivity index (χ4v) is 2.42. The number of hydrogen-bond donors (Lipinski definition) is 1. The van der Waals surface area contributed by atoms with E-state index in [0.717, 1.165) is 4.88 Å². The van der Waals surface area contributed by atoms with Crippen molar-refractivity contribution in [1.29, 1.82) is 0 Å². The zero-order valence-electron chi connectivity index (χ0n) is 9.50. The summed E-state index contributed by atoms with van der Waals surface area (Å²) in [5, 5.41) is 5.57. The molecule has 0 aliphatic rings. The quantitative estimate of drug-likeness (QED) is 0.866. The van der Waals surface area contributed by atoms with Gasteiger partial charge < -0.3 is 10.1 Å². The maximum absolute atomic E-state index is 12.0. The first-order valence-electron chi connectivity index (χ1n) is 5.25. The van der Waals surface area contributed by atoms with Gasteiger partial charge in [0.15, 0.2) is 0 Å². The van der Waals surface area contributed by atoms with E-state index in [4.69, 9.17) is 11.6 Å². The second-order valence-corrected chi connectivity index (χ2v) is 5.09. The van der Waals surface area contributed by atoms with Crippen LogP contribution in [0.3, 0.4) is 0 Å². The molecule has 0 aliphatic heterocycles. The molecule has 0 bridgehead atoms. The molecule has 102 valence electrons. The first kappa shape index (κ1) is 14.0. The minimum Gasteiger partial charge on any atom is -0.406 e. The van der Waals surface area contributed by atoms with Gasteiger partial charge in [0.25, 0.3) is 0 Å². The number of thiophene rings is 1. The fourth-order valence-electron chi connectivity index (χ4n) is 1.41. The molecule has 0 saturated heterocycles. The summed E-state index contributed by atoms with van der Waals surface area (Å²) in [6, 6.07) is 7.40. The zero-order valence-corrected chi connectivity index (χ0v) is 11.1. The Morgan fingerprint density at radius 3 is 2.42 bits per heavy atom. The molecule has 0 radical (unpaired) electrons. The molecule has 0 amide bonds. The largest absolute Gasteiger partial charge is 0.573 e. The van der Waals surface area contributed by atoms with Crippen LogP contribution in [-0.2, 0) is 6.54 Å². The van der Waals surface area contributed by atoms with E-state index >= 15 is 0 Å². The topological polar surface area (TPSA) is 21.3 Å². The van der Waals surface area contributed by atoms with Gasteiger partial charge in [0.1, 0.15) is 5.75 Å². The van der Waals surface area contributed by atoms with Crippen molar-refractivity contribution in [3.8, 4) is 5.75 Å². The van der Waals surface area contributed by atoms with Crippen molar-refractivity contribution in [3.05, 3.63) is 45.6 Å². The molecule has 0 spiro atoms. The van der Waals surface area contributed by atoms with Crippen molar-refractivity contribution in [2.24, 2.45) is 0 Å². The van der Waals surface area contributed by atoms with Gasteiger partial charge in [0.2, 0.25) is 0 Å². The number of alkyl halides is 3. The Hall–Kier alpha value is -1.40. The van der Waals surface area contributed by atoms with Gasteiger partial charge in [-0.1, -0.05) is 11.6 Å². The lowest BCUT2D eigenvalue weighted by atomic mass is 10.3. The standard InChI is InChI=1S/C12H9ClF3NOS/c13-8-5-11(19-7-8)6-17-9-1-3-10(4-2-9)18-12(14,15)16/h1-5,7,17H,6H2. The summed E-state index contributed by atoms with van der Waals surface area (Å²) in [7, 11) is 0. The molecular formula is C12H9ClF3NOS. The molecule has 1 heterocycles. The highest BCUT2D eigenvalue weighted by molar-refractivity contribution is 7.10. The van der Waals surface area contributed by atoms with E-state index in [1.165, 1.54) is 35.6 Å². The predicted molar refractivity (Wildman–Crippen MR) is 69.8 cm³/mol. The minimum atomic E-state index is -4.66. The van der Waals surface area contributed by atoms with Crippen molar-refractivity contribution in [3.63, 3.8) is 0 Å². The molecule has 0 aliphatic carbocycles. The predicted octanol–water partition coefficient (Wildman–Crippen LogP) is 4.91. The number of nitrogens with one attached hydrogen (secondary N) is 1. The number of halogens is 4. The zero-order chi connectivity index (χ0) is 13.9. The van der Waals surface area contributed by atoms with Gasteiger partial charge in [-0.15, -0.1) is 24.5 Å². The summed E-state index contributed by atoms with van der Waals surface area (Å²) >= 11 is 7.30. The van der Waals surface area contributed by atoms with Gasteiger partial charge in [-0.05, 0) is 30.3 Å². The Morgan fingerprint density at radius 2 is 1.89 bits per heavy atom. The lowest BCUT2D eigenvalue weighted by molar-refractivity contribution is -0.274. The highest BCUT2D eigenvalue weighted by Gasteiger charge is 2.30. The molecule has 0 saturated carbocycles. The third-order valence-electron chi connectivity index (χ3n) is 2.18. The normalized spacial score (nSPS) is 11.4. The Kier molecular flexibility index (Phi) is 4.21. The van der Waals surface area contributed by atoms with Gasteiger partial charge in [-0.2, -0.15) is 0 Å². The van der Waals surface area contributed by atoms with E-state index < -0.39 is 6.36 Å². The minimum absolute atomic E-state index is 0.239. The SMILES string of the molecule is FC(F)(F)Oc1ccc(NCc2cc(Cl)cs2)cc1. The summed E-state index contributed by atoms with van der Waals surface area (Å²) in [6.07, 6.45) is -4.66. The molecule has 1 N–H and O–H groups in total. The maximum Gasteiger partial charge on any atom is 0.573 e. The smallest absolute Gasteiger partial charge is 0.406 e. The fraction of sp³-hybridized carbons (Fsp3) is 0.167. The van der Waals surface area contributed by atoms with Gasteiger partial charge >= 0.3 is 6.36 Å². The Labute approximate surface area is 116 Å². The summed E-state index contributed by atoms with van der Waals surface area (Å²) in [5.74, 6) is -0.239. The highest BCUT2D eigenvalue weighted by Crippen LogP contribution is 2.25. The van der Waals surface area contributed by atoms with Crippen molar-refractivity contribution < 1.29 is 17.9 Å². The van der Waals surface area contributed by atoms with E-state index in [-0.39, 0.29) is 5.75 Å². The average molecular weight is 308 g/mol. The number of anilines is 1. The van der Waals surface area contributed by atoms with E-state index in [1.54, 1.807) is 0 Å². The van der Waals surface area contributed by atoms with Crippen LogP contribution < -0.4 is 10.1 Å². The van der Waals surface area contributed by atoms with Crippen LogP contribution in [0.1, 0.15) is 4.88 Å². The van der Waals surface area contributed by atoms with Crippen molar-refractivity contribution in [2.75, 3.05) is 5.32 Å². The third kappa shape index (κ3) is 4.65. The van der Waals surface area contributed by atoms with E-state index in [1.807, 2.05) is 11.4 Å². The summed E-state index contributed by atoms with van der Waals surface area (Å²) in [5.41, 5.74) is 0.707. The number of benzene rings is 1. The molecule has 19 heavy (non-hydrogen) atoms. The average Bonchev–Trinajstić information content (AvgIpc) is 2.72. The lowest BCUT2D eigenvalue weighted by Gasteiger charge is -2.10. The molecular weight excluding hydrogens is 299 g/mol. The molecule has 1 aromatic carbocycles. The Morgan fingerprint density at radius 1 is 1.21 bits per heavy atom. The van der Waals surface area contributed by atoms with Crippen LogP contribution in [0.4, 0.5) is 18.9 Å². The van der Waals surface area contributed by atoms with Crippen LogP contribution in [-0.4, -0.2) is 6.36 Å². The molecule has 7 heteroatoms. The van der Waals surface area contributed by atoms with Gasteiger partial charge in [-0.3, -0.25) is 0 Å². The summed E-state index contributed by atoms with van der Waals surface area (Å²) < 4.78 is 39.7. The van der Waals surface area contributed by atoms with Crippen LogP contribution in [0, 0.1) is 0 Å². The van der Waals surface area contributed by atoms with Crippen LogP contribution in [0.5, 0.6) is 5.75 Å². The van der Waals surface area contributed by atoms with Gasteiger partial charge in [-0.25, -0.2) is 0 Å². The molecule has 0 atom stereocenters. The first-order chi connectivity index (χ1) is 8.92. The number of ether oxygens (including phenoxy) is 1. The second kappa shape index (κ2) is 5.71. The number of hydrogen-bond acceptors (Lipinski definition) is 3. The molecule has 2 nitrogen and oxygen atoms in total. The number of rotatable bonds is 4. The molecule has 1 aromatic heterocycles. The van der Waals surface area contributed by atoms with E-state index in [2.05, 4.69) is 10.1 Å². The van der Waals surface area contributed by atoms with Crippen LogP contribution in [0.2, 0.25) is 5.02 Å². The van der Waals surface area contributed by atoms with E-state index in [9.17, 15) is 13.2 Å². The van der Waals surface area contributed by atoms with Gasteiger partial charge in [0, 0.05) is 22.5 Å². The molecule has 0 unspecified atom stereocenters. The highest BCUT2D eigenvalue weighted by atomic mass is 35.5. The van der Waals surface area contributed by atoms with Crippen molar-refractivity contribution >= 4 is 28.6 Å². The lowest BCUT2D eigenvalue weighted by Crippen LogP contribution is -2.17. The monoisotopic (exact) mass is 307 g/mol. The third-order valence-corrected chi connectivity index (χ3v) is 3.46. The van der Waals surface area contributed by atoms with Crippen molar-refractivity contribution in [2.45, 2.75) is 12.9 Å². The summed E-state index contributed by atoms with van der Waals surface area (Å²) in [4.78, 5) is 1.04. The van der Waals surface area contributed by atoms with E-state index in [0.29, 0.717) is 17.3 Å². The van der Waals surface area contributed by atoms with Crippen LogP contribution >= 0.6 is 22.9 Å². The Balaban J connectivity index is 1.91. The molecule has 0 fully saturated rings. The van der Waals surface area contributed by atoms with Crippen molar-refractivity contribution in [1.82, 2.24) is 0 Å². The molecule has 2 aromatic rings. The maximum atomic E-state index is 12.0. The van der Waals surface area contributed by atoms with Crippen LogP contribution in [0.15, 0.2) is 35.7 Å². The summed E-state index contributed by atoms with van der Waals surface area (Å²) in [6.45, 7) is 0.566. The second-order valence-electron chi connectivity index (χ2n) is 3.66. The van der Waals surface area contributed by atoms with Gasteiger partial charge in [0.05, 0.1) is 5.02 Å².